The van der Waals surface area contributed by atoms with E-state index in [4.69, 9.17) is 21.7 Å². The summed E-state index contributed by atoms with van der Waals surface area (Å²) in [4.78, 5) is 96.8. The van der Waals surface area contributed by atoms with Gasteiger partial charge in [-0.1, -0.05) is 54.6 Å². The summed E-state index contributed by atoms with van der Waals surface area (Å²) in [5.74, 6) is -4.39. The van der Waals surface area contributed by atoms with Crippen molar-refractivity contribution in [3.05, 3.63) is 176 Å². The number of unbranched alkanes of at least 4 members (excludes halogenated alkanes) is 1. The number of thiocarbonyl (C=S) groups is 1. The first-order chi connectivity index (χ1) is 38.4. The minimum absolute atomic E-state index is 0.00642. The van der Waals surface area contributed by atoms with Crippen LogP contribution in [-0.2, 0) is 34.7 Å². The monoisotopic (exact) mass is 1120 g/mol. The minimum Gasteiger partial charge on any atom is -0.508 e. The van der Waals surface area contributed by atoms with Gasteiger partial charge in [0.15, 0.2) is 10.7 Å². The fourth-order valence-corrected chi connectivity index (χ4v) is 11.3. The van der Waals surface area contributed by atoms with Gasteiger partial charge < -0.3 is 51.0 Å². The number of hydrogen-bond donors (Lipinski definition) is 9. The van der Waals surface area contributed by atoms with E-state index in [0.717, 1.165) is 15.0 Å². The summed E-state index contributed by atoms with van der Waals surface area (Å²) in [6.45, 7) is -0.418. The molecule has 4 heterocycles. The van der Waals surface area contributed by atoms with Crippen molar-refractivity contribution in [2.75, 3.05) is 25.0 Å². The van der Waals surface area contributed by atoms with Gasteiger partial charge >= 0.3 is 17.6 Å². The molecule has 9 N–H and O–H groups in total. The molecule has 1 saturated heterocycles. The molecule has 0 radical (unpaired) electrons. The zero-order valence-electron chi connectivity index (χ0n) is 42.0. The molecule has 3 atom stereocenters. The first kappa shape index (κ1) is 53.9. The Kier molecular flexibility index (Phi) is 14.9. The molecule has 3 aliphatic heterocycles. The van der Waals surface area contributed by atoms with Crippen LogP contribution >= 0.6 is 12.2 Å². The summed E-state index contributed by atoms with van der Waals surface area (Å²) in [6, 6.07) is 29.7. The van der Waals surface area contributed by atoms with E-state index in [-0.39, 0.29) is 89.6 Å². The minimum atomic E-state index is -4.03. The summed E-state index contributed by atoms with van der Waals surface area (Å²) in [6.07, 6.45) is -0.0588. The average molecular weight is 1120 g/mol. The van der Waals surface area contributed by atoms with E-state index in [1.165, 1.54) is 48.5 Å². The van der Waals surface area contributed by atoms with E-state index >= 15 is 0 Å². The highest BCUT2D eigenvalue weighted by Gasteiger charge is 2.54. The number of aromatic amines is 1. The van der Waals surface area contributed by atoms with Gasteiger partial charge in [0.1, 0.15) is 35.1 Å². The third-order valence-corrected chi connectivity index (χ3v) is 15.5. The number of carboxylic acids is 1. The molecule has 1 spiro atoms. The number of benzene rings is 6. The summed E-state index contributed by atoms with van der Waals surface area (Å²) in [5.41, 5.74) is -2.05. The van der Waals surface area contributed by atoms with Crippen LogP contribution in [0.1, 0.15) is 69.6 Å². The fourth-order valence-electron chi connectivity index (χ4n) is 10.0. The number of aliphatic carboxylic acids is 1. The van der Waals surface area contributed by atoms with Crippen LogP contribution in [-0.4, -0.2) is 116 Å². The fraction of sp³-hybridized carbons (Fsp3) is 0.218. The number of phenols is 2. The number of amides is 3. The number of nitrogens with zero attached hydrogens (tertiary/aromatic N) is 3. The number of nitrogens with one attached hydrogen (secondary N) is 6. The lowest BCUT2D eigenvalue weighted by atomic mass is 9.77. The highest BCUT2D eigenvalue weighted by atomic mass is 32.2. The van der Waals surface area contributed by atoms with Crippen LogP contribution in [0, 0.1) is 0 Å². The Balaban J connectivity index is 0.769. The lowest BCUT2D eigenvalue weighted by Crippen LogP contribution is -2.52. The zero-order chi connectivity index (χ0) is 56.5. The number of rotatable bonds is 17. The van der Waals surface area contributed by atoms with Crippen LogP contribution in [0.15, 0.2) is 142 Å². The van der Waals surface area contributed by atoms with Gasteiger partial charge in [-0.2, -0.15) is 9.78 Å². The number of anilines is 1. The second kappa shape index (κ2) is 22.1. The molecule has 23 nitrogen and oxygen atoms in total. The van der Waals surface area contributed by atoms with E-state index in [2.05, 4.69) is 36.1 Å². The molecule has 0 bridgehead atoms. The van der Waals surface area contributed by atoms with Crippen LogP contribution in [0.25, 0.3) is 16.5 Å². The Bertz CT molecular complexity index is 3860. The van der Waals surface area contributed by atoms with Crippen LogP contribution in [0.4, 0.5) is 5.69 Å². The van der Waals surface area contributed by atoms with Crippen LogP contribution in [0.2, 0.25) is 0 Å². The number of carbonyl (C=O) groups excluding carboxylic acids is 4. The quantitative estimate of drug-likeness (QED) is 0.0355. The van der Waals surface area contributed by atoms with Crippen molar-refractivity contribution in [3.63, 3.8) is 0 Å². The number of phenolic OH excluding ortho intramolecular Hbond substituents is 2. The number of esters is 1. The smallest absolute Gasteiger partial charge is 0.349 e. The standard InChI is InChI=1S/C55H49N9O14S2/c65-35-15-19-40-44(27-35)77-45-28-36(66)16-20-41(45)55(40)39-18-14-32(25-38(39)52(73)78-55)59-53(79)56-22-7-6-12-42(51(71)72)60-48(68)43-26-33(29-63(43)50(70)47-49(69)61-54(74)64(62-47)34-10-2-1-3-11-34)58-46(67)21-23-57-80(75,76)37-17-13-30-8-4-5-9-31(30)24-37/h1-5,8-11,13-20,24-25,27-28,33,42-43,57,65-66H,6-7,12,21-23,26,29H2,(H,58,67)(H,60,68)(H,71,72)(H2,56,59,79)(H,61,69,74)/t33-,42+,43-/m0/s1. The van der Waals surface area contributed by atoms with Crippen molar-refractivity contribution in [1.82, 2.24) is 40.3 Å². The highest BCUT2D eigenvalue weighted by molar-refractivity contribution is 7.89. The first-order valence-corrected chi connectivity index (χ1v) is 27.0. The topological polar surface area (TPSA) is 330 Å². The number of carboxylic acid groups (broad SMARTS) is 1. The predicted octanol–water partition coefficient (Wildman–Crippen LogP) is 3.85. The molecular formula is C55H49N9O14S2. The molecule has 10 rings (SSSR count). The maximum absolute atomic E-state index is 14.3. The van der Waals surface area contributed by atoms with Gasteiger partial charge in [-0.05, 0) is 109 Å². The number of fused-ring (bicyclic) bond motifs is 7. The largest absolute Gasteiger partial charge is 0.508 e. The number of aromatic nitrogens is 3. The molecule has 1 aromatic heterocycles. The number of aromatic hydroxyl groups is 2. The highest BCUT2D eigenvalue weighted by Crippen LogP contribution is 2.57. The van der Waals surface area contributed by atoms with Gasteiger partial charge in [0, 0.05) is 66.6 Å². The van der Waals surface area contributed by atoms with Crippen LogP contribution in [0.3, 0.4) is 0 Å². The maximum Gasteiger partial charge on any atom is 0.349 e. The molecule has 410 valence electrons. The summed E-state index contributed by atoms with van der Waals surface area (Å²) in [7, 11) is -4.03. The third-order valence-electron chi connectivity index (χ3n) is 13.8. The van der Waals surface area contributed by atoms with Gasteiger partial charge in [0.2, 0.25) is 27.5 Å². The van der Waals surface area contributed by atoms with Crippen LogP contribution < -0.4 is 42.0 Å². The third kappa shape index (κ3) is 10.9. The molecule has 0 aliphatic carbocycles. The van der Waals surface area contributed by atoms with Gasteiger partial charge in [-0.25, -0.2) is 27.5 Å². The second-order valence-electron chi connectivity index (χ2n) is 19.1. The molecule has 0 unspecified atom stereocenters. The molecule has 80 heavy (non-hydrogen) atoms. The van der Waals surface area contributed by atoms with Gasteiger partial charge in [-0.3, -0.25) is 24.2 Å². The molecule has 25 heteroatoms. The van der Waals surface area contributed by atoms with E-state index in [1.54, 1.807) is 66.7 Å². The lowest BCUT2D eigenvalue weighted by Gasteiger charge is -2.36. The molecule has 7 aromatic rings. The SMILES string of the molecule is O=C(CCNS(=O)(=O)c1ccc2ccccc2c1)N[C@H]1C[C@@H](C(=O)N[C@H](CCCCNC(=S)Nc2ccc3c(c2)C(=O)OC32c3ccc(O)cc3Oc3cc(O)ccc32)C(=O)O)N(C(=O)c2nn(-c3ccccc3)c(=O)[nH]c2=O)C1. The summed E-state index contributed by atoms with van der Waals surface area (Å²) < 4.78 is 41.6. The van der Waals surface area contributed by atoms with Crippen molar-refractivity contribution < 1.29 is 57.2 Å². The number of carbonyl (C=O) groups is 5. The second-order valence-corrected chi connectivity index (χ2v) is 21.2. The van der Waals surface area contributed by atoms with Gasteiger partial charge in [0.05, 0.1) is 16.1 Å². The Labute approximate surface area is 459 Å². The molecule has 3 aliphatic rings. The Hall–Kier alpha value is -9.46. The van der Waals surface area contributed by atoms with E-state index in [1.807, 2.05) is 12.1 Å². The molecule has 3 amide bonds. The van der Waals surface area contributed by atoms with E-state index < -0.39 is 80.4 Å². The van der Waals surface area contributed by atoms with Crippen molar-refractivity contribution in [2.24, 2.45) is 0 Å². The summed E-state index contributed by atoms with van der Waals surface area (Å²) >= 11 is 5.54. The Morgan fingerprint density at radius 3 is 2.21 bits per heavy atom. The molecule has 6 aromatic carbocycles. The number of ether oxygens (including phenoxy) is 2. The Morgan fingerprint density at radius 2 is 1.50 bits per heavy atom. The average Bonchev–Trinajstić information content (AvgIpc) is 4.18. The summed E-state index contributed by atoms with van der Waals surface area (Å²) in [5, 5.41) is 47.7. The number of likely N-dealkylation sites (tertiary alicyclic amines) is 1. The van der Waals surface area contributed by atoms with E-state index in [9.17, 15) is 57.3 Å². The van der Waals surface area contributed by atoms with Crippen molar-refractivity contribution in [1.29, 1.82) is 0 Å². The Morgan fingerprint density at radius 1 is 0.812 bits per heavy atom. The number of para-hydroxylation sites is 1. The van der Waals surface area contributed by atoms with Gasteiger partial charge in [0.25, 0.3) is 11.5 Å². The van der Waals surface area contributed by atoms with Crippen LogP contribution in [0.5, 0.6) is 23.0 Å². The lowest BCUT2D eigenvalue weighted by molar-refractivity contribution is -0.142. The predicted molar refractivity (Wildman–Crippen MR) is 291 cm³/mol. The van der Waals surface area contributed by atoms with Gasteiger partial charge in [-0.15, -0.1) is 0 Å². The zero-order valence-corrected chi connectivity index (χ0v) is 43.6. The van der Waals surface area contributed by atoms with Crippen molar-refractivity contribution in [3.8, 4) is 28.7 Å². The normalized spacial score (nSPS) is 16.1. The number of H-pyrrole nitrogens is 1. The molecule has 1 fully saturated rings. The maximum atomic E-state index is 14.3. The molecular weight excluding hydrogens is 1070 g/mol. The number of hydrogen-bond acceptors (Lipinski definition) is 15. The van der Waals surface area contributed by atoms with Crippen molar-refractivity contribution in [2.45, 2.75) is 60.7 Å². The van der Waals surface area contributed by atoms with E-state index in [0.29, 0.717) is 34.2 Å². The van der Waals surface area contributed by atoms with Crippen molar-refractivity contribution >= 4 is 73.5 Å². The molecule has 0 saturated carbocycles. The number of sulfonamides is 1. The first-order valence-electron chi connectivity index (χ1n) is 25.1.